The largest absolute Gasteiger partial charge is 0.353 e. The van der Waals surface area contributed by atoms with Gasteiger partial charge in [0.25, 0.3) is 0 Å². The molecule has 0 radical (unpaired) electrons. The normalized spacial score (nSPS) is 19.1. The van der Waals surface area contributed by atoms with Gasteiger partial charge in [0.1, 0.15) is 0 Å². The number of hydrogen-bond donors (Lipinski definition) is 3. The Morgan fingerprint density at radius 1 is 1.40 bits per heavy atom. The molecule has 0 aromatic heterocycles. The summed E-state index contributed by atoms with van der Waals surface area (Å²) in [6, 6.07) is 0. The number of amides is 1. The van der Waals surface area contributed by atoms with Crippen LogP contribution in [0.15, 0.2) is 0 Å². The monoisotopic (exact) mass is 305 g/mol. The topological polar surface area (TPSA) is 101 Å². The SMILES string of the molecule is CCCC(C)(N)C(=O)NCCS(=O)(=O)NCC1CCC1. The van der Waals surface area contributed by atoms with Gasteiger partial charge in [0.15, 0.2) is 0 Å². The van der Waals surface area contributed by atoms with Gasteiger partial charge >= 0.3 is 0 Å². The number of nitrogens with two attached hydrogens (primary N) is 1. The average Bonchev–Trinajstić information content (AvgIpc) is 2.26. The highest BCUT2D eigenvalue weighted by Gasteiger charge is 2.27. The number of nitrogens with one attached hydrogen (secondary N) is 2. The van der Waals surface area contributed by atoms with Gasteiger partial charge in [0.2, 0.25) is 15.9 Å². The van der Waals surface area contributed by atoms with Gasteiger partial charge in [-0.05, 0) is 32.1 Å². The van der Waals surface area contributed by atoms with Gasteiger partial charge in [0, 0.05) is 13.1 Å². The van der Waals surface area contributed by atoms with Gasteiger partial charge in [-0.15, -0.1) is 0 Å². The molecule has 6 nitrogen and oxygen atoms in total. The first-order chi connectivity index (χ1) is 9.27. The number of hydrogen-bond acceptors (Lipinski definition) is 4. The highest BCUT2D eigenvalue weighted by atomic mass is 32.2. The van der Waals surface area contributed by atoms with Crippen LogP contribution in [0, 0.1) is 5.92 Å². The second-order valence-electron chi connectivity index (χ2n) is 5.89. The summed E-state index contributed by atoms with van der Waals surface area (Å²) in [4.78, 5) is 11.8. The minimum Gasteiger partial charge on any atom is -0.353 e. The predicted octanol–water partition coefficient (Wildman–Crippen LogP) is 0.340. The zero-order valence-electron chi connectivity index (χ0n) is 12.4. The van der Waals surface area contributed by atoms with Crippen molar-refractivity contribution in [2.75, 3.05) is 18.8 Å². The van der Waals surface area contributed by atoms with Crippen molar-refractivity contribution < 1.29 is 13.2 Å². The molecule has 0 bridgehead atoms. The molecule has 0 aliphatic heterocycles. The summed E-state index contributed by atoms with van der Waals surface area (Å²) in [5.74, 6) is 0.0815. The van der Waals surface area contributed by atoms with Gasteiger partial charge in [-0.1, -0.05) is 19.8 Å². The highest BCUT2D eigenvalue weighted by molar-refractivity contribution is 7.89. The minimum atomic E-state index is -3.31. The first-order valence-electron chi connectivity index (χ1n) is 7.31. The molecule has 1 aliphatic rings. The Balaban J connectivity index is 2.26. The molecule has 0 heterocycles. The second kappa shape index (κ2) is 7.38. The lowest BCUT2D eigenvalue weighted by Crippen LogP contribution is -2.52. The van der Waals surface area contributed by atoms with Gasteiger partial charge < -0.3 is 11.1 Å². The summed E-state index contributed by atoms with van der Waals surface area (Å²) in [6.45, 7) is 4.22. The van der Waals surface area contributed by atoms with Crippen molar-refractivity contribution in [3.63, 3.8) is 0 Å². The Morgan fingerprint density at radius 3 is 2.55 bits per heavy atom. The van der Waals surface area contributed by atoms with Gasteiger partial charge in [0.05, 0.1) is 11.3 Å². The Kier molecular flexibility index (Phi) is 6.42. The van der Waals surface area contributed by atoms with E-state index in [2.05, 4.69) is 10.0 Å². The van der Waals surface area contributed by atoms with Crippen LogP contribution in [0.5, 0.6) is 0 Å². The van der Waals surface area contributed by atoms with E-state index in [9.17, 15) is 13.2 Å². The third-order valence-corrected chi connectivity index (χ3v) is 5.11. The maximum Gasteiger partial charge on any atom is 0.239 e. The molecule has 1 rings (SSSR count). The molecule has 0 saturated heterocycles. The fourth-order valence-electron chi connectivity index (χ4n) is 2.15. The van der Waals surface area contributed by atoms with Crippen molar-refractivity contribution in [2.45, 2.75) is 51.5 Å². The van der Waals surface area contributed by atoms with Crippen molar-refractivity contribution >= 4 is 15.9 Å². The molecule has 0 aromatic rings. The maximum absolute atomic E-state index is 11.8. The molecule has 1 unspecified atom stereocenters. The standard InChI is InChI=1S/C13H27N3O3S/c1-3-7-13(2,14)12(17)15-8-9-20(18,19)16-10-11-5-4-6-11/h11,16H,3-10,14H2,1-2H3,(H,15,17). The molecule has 7 heteroatoms. The molecular formula is C13H27N3O3S. The van der Waals surface area contributed by atoms with E-state index >= 15 is 0 Å². The Bertz CT molecular complexity index is 417. The van der Waals surface area contributed by atoms with Gasteiger partial charge in [-0.25, -0.2) is 13.1 Å². The van der Waals surface area contributed by atoms with E-state index in [1.807, 2.05) is 6.92 Å². The van der Waals surface area contributed by atoms with Crippen molar-refractivity contribution in [1.29, 1.82) is 0 Å². The van der Waals surface area contributed by atoms with Crippen LogP contribution in [0.4, 0.5) is 0 Å². The number of carbonyl (C=O) groups is 1. The highest BCUT2D eigenvalue weighted by Crippen LogP contribution is 2.25. The number of rotatable bonds is 9. The van der Waals surface area contributed by atoms with Crippen molar-refractivity contribution in [2.24, 2.45) is 11.7 Å². The molecule has 1 atom stereocenters. The minimum absolute atomic E-state index is 0.0926. The Hall–Kier alpha value is -0.660. The van der Waals surface area contributed by atoms with Crippen molar-refractivity contribution in [3.05, 3.63) is 0 Å². The van der Waals surface area contributed by atoms with Crippen LogP contribution in [0.3, 0.4) is 0 Å². The molecule has 0 aromatic carbocycles. The first-order valence-corrected chi connectivity index (χ1v) is 8.96. The zero-order chi connectivity index (χ0) is 15.2. The lowest BCUT2D eigenvalue weighted by atomic mass is 9.86. The fraction of sp³-hybridized carbons (Fsp3) is 0.923. The van der Waals surface area contributed by atoms with E-state index in [1.165, 1.54) is 6.42 Å². The fourth-order valence-corrected chi connectivity index (χ4v) is 3.15. The molecule has 1 amide bonds. The summed E-state index contributed by atoms with van der Waals surface area (Å²) >= 11 is 0. The second-order valence-corrected chi connectivity index (χ2v) is 7.81. The first kappa shape index (κ1) is 17.4. The summed E-state index contributed by atoms with van der Waals surface area (Å²) in [7, 11) is -3.31. The van der Waals surface area contributed by atoms with Crippen LogP contribution in [0.25, 0.3) is 0 Å². The van der Waals surface area contributed by atoms with Crippen LogP contribution < -0.4 is 15.8 Å². The van der Waals surface area contributed by atoms with E-state index in [0.29, 0.717) is 18.9 Å². The van der Waals surface area contributed by atoms with Crippen LogP contribution in [0.2, 0.25) is 0 Å². The Labute approximate surface area is 121 Å². The summed E-state index contributed by atoms with van der Waals surface area (Å²) in [6.07, 6.45) is 4.77. The molecule has 1 aliphatic carbocycles. The van der Waals surface area contributed by atoms with E-state index in [1.54, 1.807) is 6.92 Å². The summed E-state index contributed by atoms with van der Waals surface area (Å²) in [5.41, 5.74) is 4.93. The molecule has 1 saturated carbocycles. The summed E-state index contributed by atoms with van der Waals surface area (Å²) < 4.78 is 26.1. The molecule has 20 heavy (non-hydrogen) atoms. The van der Waals surface area contributed by atoms with Crippen LogP contribution in [-0.2, 0) is 14.8 Å². The predicted molar refractivity (Wildman–Crippen MR) is 79.6 cm³/mol. The maximum atomic E-state index is 11.8. The van der Waals surface area contributed by atoms with Crippen molar-refractivity contribution in [1.82, 2.24) is 10.0 Å². The van der Waals surface area contributed by atoms with Gasteiger partial charge in [-0.3, -0.25) is 4.79 Å². The van der Waals surface area contributed by atoms with E-state index in [0.717, 1.165) is 19.3 Å². The van der Waals surface area contributed by atoms with E-state index < -0.39 is 15.6 Å². The third-order valence-electron chi connectivity index (χ3n) is 3.76. The zero-order valence-corrected chi connectivity index (χ0v) is 13.3. The van der Waals surface area contributed by atoms with Crippen LogP contribution >= 0.6 is 0 Å². The quantitative estimate of drug-likeness (QED) is 0.571. The number of sulfonamides is 1. The smallest absolute Gasteiger partial charge is 0.239 e. The molecule has 4 N–H and O–H groups in total. The lowest BCUT2D eigenvalue weighted by Gasteiger charge is -2.25. The molecule has 0 spiro atoms. The molecular weight excluding hydrogens is 278 g/mol. The lowest BCUT2D eigenvalue weighted by molar-refractivity contribution is -0.125. The molecule has 1 fully saturated rings. The number of carbonyl (C=O) groups excluding carboxylic acids is 1. The van der Waals surface area contributed by atoms with E-state index in [4.69, 9.17) is 5.73 Å². The van der Waals surface area contributed by atoms with Crippen LogP contribution in [-0.4, -0.2) is 38.7 Å². The van der Waals surface area contributed by atoms with Crippen molar-refractivity contribution in [3.8, 4) is 0 Å². The average molecular weight is 305 g/mol. The van der Waals surface area contributed by atoms with Gasteiger partial charge in [-0.2, -0.15) is 0 Å². The van der Waals surface area contributed by atoms with E-state index in [-0.39, 0.29) is 18.2 Å². The summed E-state index contributed by atoms with van der Waals surface area (Å²) in [5, 5.41) is 2.60. The Morgan fingerprint density at radius 2 is 2.05 bits per heavy atom. The molecule has 118 valence electrons. The van der Waals surface area contributed by atoms with Crippen LogP contribution in [0.1, 0.15) is 46.0 Å². The third kappa shape index (κ3) is 5.76.